The summed E-state index contributed by atoms with van der Waals surface area (Å²) in [5, 5.41) is 19.9. The van der Waals surface area contributed by atoms with Crippen molar-refractivity contribution in [2.24, 2.45) is 0 Å². The molecule has 0 spiro atoms. The topological polar surface area (TPSA) is 70.2 Å². The second-order valence-corrected chi connectivity index (χ2v) is 5.33. The summed E-state index contributed by atoms with van der Waals surface area (Å²) in [6.45, 7) is 0. The molecule has 1 saturated carbocycles. The Morgan fingerprint density at radius 2 is 1.95 bits per heavy atom. The third kappa shape index (κ3) is 3.08. The molecule has 1 aliphatic rings. The van der Waals surface area contributed by atoms with Gasteiger partial charge in [0.15, 0.2) is 0 Å². The number of anilines is 1. The third-order valence-electron chi connectivity index (χ3n) is 4.08. The summed E-state index contributed by atoms with van der Waals surface area (Å²) >= 11 is 0. The standard InChI is InChI=1S/C15H19N3O2/c1-17(13-6-4-2-3-5-7-13)14-9-8-12(11-16)15(10-14)18(19)20/h8-10,13H,2-7H2,1H3. The molecule has 0 aromatic heterocycles. The van der Waals surface area contributed by atoms with Gasteiger partial charge in [0, 0.05) is 24.8 Å². The molecule has 0 heterocycles. The summed E-state index contributed by atoms with van der Waals surface area (Å²) in [5.74, 6) is 0. The van der Waals surface area contributed by atoms with Crippen LogP contribution in [0.15, 0.2) is 18.2 Å². The molecule has 0 atom stereocenters. The van der Waals surface area contributed by atoms with Gasteiger partial charge in [0.1, 0.15) is 11.6 Å². The van der Waals surface area contributed by atoms with Gasteiger partial charge < -0.3 is 4.90 Å². The molecular weight excluding hydrogens is 254 g/mol. The number of hydrogen-bond donors (Lipinski definition) is 0. The molecule has 20 heavy (non-hydrogen) atoms. The second-order valence-electron chi connectivity index (χ2n) is 5.33. The first kappa shape index (κ1) is 14.3. The Bertz CT molecular complexity index is 528. The average molecular weight is 273 g/mol. The minimum atomic E-state index is -0.483. The van der Waals surface area contributed by atoms with E-state index in [1.54, 1.807) is 12.1 Å². The first-order chi connectivity index (χ1) is 9.63. The molecule has 0 bridgehead atoms. The summed E-state index contributed by atoms with van der Waals surface area (Å²) in [7, 11) is 1.99. The lowest BCUT2D eigenvalue weighted by Gasteiger charge is -2.29. The zero-order chi connectivity index (χ0) is 14.5. The molecule has 1 aromatic rings. The van der Waals surface area contributed by atoms with Crippen LogP contribution in [0.2, 0.25) is 0 Å². The predicted octanol–water partition coefficient (Wildman–Crippen LogP) is 3.63. The SMILES string of the molecule is CN(c1ccc(C#N)c([N+](=O)[O-])c1)C1CCCCCC1. The number of nitrogens with zero attached hydrogens (tertiary/aromatic N) is 3. The Kier molecular flexibility index (Phi) is 4.57. The Morgan fingerprint density at radius 3 is 2.50 bits per heavy atom. The Morgan fingerprint density at radius 1 is 1.30 bits per heavy atom. The number of nitro benzene ring substituents is 1. The maximum atomic E-state index is 11.0. The van der Waals surface area contributed by atoms with Crippen molar-refractivity contribution in [1.82, 2.24) is 0 Å². The van der Waals surface area contributed by atoms with Crippen LogP contribution in [0.3, 0.4) is 0 Å². The van der Waals surface area contributed by atoms with Gasteiger partial charge in [-0.25, -0.2) is 0 Å². The van der Waals surface area contributed by atoms with E-state index in [4.69, 9.17) is 5.26 Å². The molecule has 5 heteroatoms. The molecule has 106 valence electrons. The number of nitro groups is 1. The van der Waals surface area contributed by atoms with Gasteiger partial charge in [-0.15, -0.1) is 0 Å². The molecule has 0 radical (unpaired) electrons. The summed E-state index contributed by atoms with van der Waals surface area (Å²) in [4.78, 5) is 12.7. The fourth-order valence-corrected chi connectivity index (χ4v) is 2.84. The van der Waals surface area contributed by atoms with Crippen molar-refractivity contribution in [2.45, 2.75) is 44.6 Å². The molecule has 1 fully saturated rings. The van der Waals surface area contributed by atoms with Crippen molar-refractivity contribution in [3.8, 4) is 6.07 Å². The minimum Gasteiger partial charge on any atom is -0.371 e. The van der Waals surface area contributed by atoms with E-state index in [2.05, 4.69) is 4.90 Å². The third-order valence-corrected chi connectivity index (χ3v) is 4.08. The number of hydrogen-bond acceptors (Lipinski definition) is 4. The fourth-order valence-electron chi connectivity index (χ4n) is 2.84. The zero-order valence-corrected chi connectivity index (χ0v) is 11.7. The van der Waals surface area contributed by atoms with Gasteiger partial charge in [-0.1, -0.05) is 25.7 Å². The van der Waals surface area contributed by atoms with E-state index in [1.165, 1.54) is 31.7 Å². The van der Waals surface area contributed by atoms with E-state index < -0.39 is 4.92 Å². The van der Waals surface area contributed by atoms with E-state index in [0.29, 0.717) is 6.04 Å². The molecule has 0 saturated heterocycles. The molecule has 0 unspecified atom stereocenters. The lowest BCUT2D eigenvalue weighted by atomic mass is 10.1. The van der Waals surface area contributed by atoms with E-state index in [1.807, 2.05) is 13.1 Å². The van der Waals surface area contributed by atoms with Crippen LogP contribution in [0.25, 0.3) is 0 Å². The van der Waals surface area contributed by atoms with Crippen LogP contribution in [0.5, 0.6) is 0 Å². The van der Waals surface area contributed by atoms with Gasteiger partial charge in [0.05, 0.1) is 4.92 Å². The summed E-state index contributed by atoms with van der Waals surface area (Å²) in [6, 6.07) is 7.17. The molecule has 5 nitrogen and oxygen atoms in total. The van der Waals surface area contributed by atoms with Crippen LogP contribution in [0.4, 0.5) is 11.4 Å². The largest absolute Gasteiger partial charge is 0.371 e. The van der Waals surface area contributed by atoms with Crippen LogP contribution in [0.1, 0.15) is 44.1 Å². The highest BCUT2D eigenvalue weighted by molar-refractivity contribution is 5.60. The van der Waals surface area contributed by atoms with E-state index in [-0.39, 0.29) is 11.3 Å². The van der Waals surface area contributed by atoms with Crippen LogP contribution in [0, 0.1) is 21.4 Å². The molecule has 0 aliphatic heterocycles. The lowest BCUT2D eigenvalue weighted by molar-refractivity contribution is -0.385. The summed E-state index contributed by atoms with van der Waals surface area (Å²) < 4.78 is 0. The summed E-state index contributed by atoms with van der Waals surface area (Å²) in [6.07, 6.45) is 7.24. The highest BCUT2D eigenvalue weighted by atomic mass is 16.6. The zero-order valence-electron chi connectivity index (χ0n) is 11.7. The molecule has 0 amide bonds. The van der Waals surface area contributed by atoms with Crippen molar-refractivity contribution in [3.05, 3.63) is 33.9 Å². The smallest absolute Gasteiger partial charge is 0.289 e. The van der Waals surface area contributed by atoms with Crippen LogP contribution in [-0.2, 0) is 0 Å². The van der Waals surface area contributed by atoms with Crippen molar-refractivity contribution in [2.75, 3.05) is 11.9 Å². The molecule has 0 N–H and O–H groups in total. The van der Waals surface area contributed by atoms with Crippen molar-refractivity contribution in [1.29, 1.82) is 5.26 Å². The van der Waals surface area contributed by atoms with Gasteiger partial charge in [-0.05, 0) is 25.0 Å². The van der Waals surface area contributed by atoms with Gasteiger partial charge in [0.2, 0.25) is 0 Å². The predicted molar refractivity (Wildman–Crippen MR) is 77.7 cm³/mol. The van der Waals surface area contributed by atoms with Crippen molar-refractivity contribution in [3.63, 3.8) is 0 Å². The van der Waals surface area contributed by atoms with Crippen molar-refractivity contribution >= 4 is 11.4 Å². The normalized spacial score (nSPS) is 16.2. The first-order valence-electron chi connectivity index (χ1n) is 7.05. The van der Waals surface area contributed by atoms with Crippen molar-refractivity contribution < 1.29 is 4.92 Å². The molecular formula is C15H19N3O2. The molecule has 2 rings (SSSR count). The summed E-state index contributed by atoms with van der Waals surface area (Å²) in [5.41, 5.74) is 0.834. The highest BCUT2D eigenvalue weighted by Crippen LogP contribution is 2.29. The van der Waals surface area contributed by atoms with Gasteiger partial charge >= 0.3 is 0 Å². The Labute approximate surface area is 119 Å². The molecule has 1 aliphatic carbocycles. The van der Waals surface area contributed by atoms with Gasteiger partial charge in [-0.3, -0.25) is 10.1 Å². The Balaban J connectivity index is 2.25. The maximum Gasteiger partial charge on any atom is 0.289 e. The average Bonchev–Trinajstić information content (AvgIpc) is 2.74. The van der Waals surface area contributed by atoms with E-state index in [9.17, 15) is 10.1 Å². The van der Waals surface area contributed by atoms with Crippen LogP contribution < -0.4 is 4.90 Å². The van der Waals surface area contributed by atoms with Crippen LogP contribution in [-0.4, -0.2) is 18.0 Å². The number of rotatable bonds is 3. The lowest BCUT2D eigenvalue weighted by Crippen LogP contribution is -2.31. The van der Waals surface area contributed by atoms with Gasteiger partial charge in [0.25, 0.3) is 5.69 Å². The van der Waals surface area contributed by atoms with E-state index >= 15 is 0 Å². The molecule has 1 aromatic carbocycles. The number of benzene rings is 1. The number of nitriles is 1. The maximum absolute atomic E-state index is 11.0. The minimum absolute atomic E-state index is 0.106. The first-order valence-corrected chi connectivity index (χ1v) is 7.05. The van der Waals surface area contributed by atoms with E-state index in [0.717, 1.165) is 18.5 Å². The van der Waals surface area contributed by atoms with Gasteiger partial charge in [-0.2, -0.15) is 5.26 Å². The monoisotopic (exact) mass is 273 g/mol. The second kappa shape index (κ2) is 6.38. The Hall–Kier alpha value is -2.09. The highest BCUT2D eigenvalue weighted by Gasteiger charge is 2.21. The fraction of sp³-hybridized carbons (Fsp3) is 0.533. The quantitative estimate of drug-likeness (QED) is 0.479. The van der Waals surface area contributed by atoms with Crippen LogP contribution >= 0.6 is 0 Å².